The summed E-state index contributed by atoms with van der Waals surface area (Å²) in [7, 11) is 0. The molecule has 1 fully saturated rings. The first-order chi connectivity index (χ1) is 7.05. The Labute approximate surface area is 85.0 Å². The molecular weight excluding hydrogens is 207 g/mol. The molecule has 2 rings (SSSR count). The lowest BCUT2D eigenvalue weighted by atomic mass is 10.2. The van der Waals surface area contributed by atoms with Crippen molar-refractivity contribution in [3.63, 3.8) is 0 Å². The molecule has 0 aliphatic carbocycles. The minimum absolute atomic E-state index is 0.0294. The molecule has 1 radical (unpaired) electrons. The lowest BCUT2D eigenvalue weighted by Crippen LogP contribution is -2.45. The molecule has 0 spiro atoms. The maximum atomic E-state index is 12.2. The van der Waals surface area contributed by atoms with Gasteiger partial charge in [-0.1, -0.05) is 0 Å². The molecule has 1 aliphatic heterocycles. The van der Waals surface area contributed by atoms with E-state index in [0.717, 1.165) is 12.1 Å². The summed E-state index contributed by atoms with van der Waals surface area (Å²) in [4.78, 5) is 0. The zero-order valence-corrected chi connectivity index (χ0v) is 7.79. The van der Waals surface area contributed by atoms with Crippen molar-refractivity contribution in [2.45, 2.75) is 12.3 Å². The van der Waals surface area contributed by atoms with Crippen LogP contribution in [0.4, 0.5) is 13.2 Å². The van der Waals surface area contributed by atoms with Crippen LogP contribution < -0.4 is 10.1 Å². The topological polar surface area (TPSA) is 23.3 Å². The Morgan fingerprint density at radius 3 is 2.13 bits per heavy atom. The molecule has 0 unspecified atom stereocenters. The molecule has 5 heteroatoms. The lowest BCUT2D eigenvalue weighted by molar-refractivity contribution is -0.137. The number of nitrogens with zero attached hydrogens (tertiary/aromatic N) is 1. The standard InChI is InChI=1S/C10H9F3NO/c11-10(12,13)7-1-3-8(4-2-7)15-9-5-14-6-9/h1-4,9H,5-6H2. The van der Waals surface area contributed by atoms with Gasteiger partial charge in [-0.15, -0.1) is 0 Å². The van der Waals surface area contributed by atoms with Crippen LogP contribution in [0.1, 0.15) is 5.56 Å². The zero-order valence-electron chi connectivity index (χ0n) is 7.79. The minimum Gasteiger partial charge on any atom is -0.488 e. The molecule has 1 aromatic rings. The summed E-state index contributed by atoms with van der Waals surface area (Å²) in [5, 5.41) is 3.95. The van der Waals surface area contributed by atoms with Crippen LogP contribution in [0.3, 0.4) is 0 Å². The Balaban J connectivity index is 2.03. The van der Waals surface area contributed by atoms with Crippen molar-refractivity contribution < 1.29 is 17.9 Å². The maximum absolute atomic E-state index is 12.2. The fourth-order valence-electron chi connectivity index (χ4n) is 1.22. The predicted molar refractivity (Wildman–Crippen MR) is 47.7 cm³/mol. The van der Waals surface area contributed by atoms with Crippen molar-refractivity contribution in [2.75, 3.05) is 13.1 Å². The quantitative estimate of drug-likeness (QED) is 0.742. The number of halogens is 3. The van der Waals surface area contributed by atoms with E-state index in [2.05, 4.69) is 5.32 Å². The highest BCUT2D eigenvalue weighted by atomic mass is 19.4. The van der Waals surface area contributed by atoms with Crippen LogP contribution in [0, 0.1) is 0 Å². The predicted octanol–water partition coefficient (Wildman–Crippen LogP) is 2.07. The second kappa shape index (κ2) is 3.73. The van der Waals surface area contributed by atoms with Gasteiger partial charge in [0.1, 0.15) is 11.9 Å². The number of alkyl halides is 3. The van der Waals surface area contributed by atoms with E-state index in [1.54, 1.807) is 0 Å². The van der Waals surface area contributed by atoms with E-state index in [4.69, 9.17) is 4.74 Å². The van der Waals surface area contributed by atoms with Crippen LogP contribution in [0.25, 0.3) is 0 Å². The molecule has 2 nitrogen and oxygen atoms in total. The summed E-state index contributed by atoms with van der Waals surface area (Å²) in [6, 6.07) is 4.71. The highest BCUT2D eigenvalue weighted by Crippen LogP contribution is 2.30. The molecule has 1 saturated heterocycles. The molecule has 15 heavy (non-hydrogen) atoms. The molecule has 0 saturated carbocycles. The van der Waals surface area contributed by atoms with Crippen molar-refractivity contribution in [3.8, 4) is 5.75 Å². The monoisotopic (exact) mass is 216 g/mol. The van der Waals surface area contributed by atoms with E-state index < -0.39 is 11.7 Å². The third-order valence-electron chi connectivity index (χ3n) is 2.15. The molecule has 81 valence electrons. The largest absolute Gasteiger partial charge is 0.488 e. The van der Waals surface area contributed by atoms with Crippen molar-refractivity contribution in [1.82, 2.24) is 5.32 Å². The van der Waals surface area contributed by atoms with Crippen molar-refractivity contribution in [2.24, 2.45) is 0 Å². The molecule has 0 atom stereocenters. The van der Waals surface area contributed by atoms with E-state index in [0.29, 0.717) is 18.8 Å². The van der Waals surface area contributed by atoms with E-state index >= 15 is 0 Å². The summed E-state index contributed by atoms with van der Waals surface area (Å²) in [5.74, 6) is 0.461. The van der Waals surface area contributed by atoms with E-state index in [1.807, 2.05) is 0 Å². The zero-order chi connectivity index (χ0) is 10.9. The first-order valence-corrected chi connectivity index (χ1v) is 4.53. The molecule has 1 aromatic carbocycles. The van der Waals surface area contributed by atoms with Gasteiger partial charge in [0.25, 0.3) is 0 Å². The van der Waals surface area contributed by atoms with E-state index in [-0.39, 0.29) is 6.10 Å². The van der Waals surface area contributed by atoms with Crippen LogP contribution in [0.5, 0.6) is 5.75 Å². The molecule has 0 bridgehead atoms. The van der Waals surface area contributed by atoms with Gasteiger partial charge in [0, 0.05) is 0 Å². The SMILES string of the molecule is FC(F)(F)c1ccc(OC2C[N]C2)cc1. The van der Waals surface area contributed by atoms with Crippen molar-refractivity contribution >= 4 is 0 Å². The van der Waals surface area contributed by atoms with Crippen LogP contribution >= 0.6 is 0 Å². The summed E-state index contributed by atoms with van der Waals surface area (Å²) in [6.07, 6.45) is -4.26. The first kappa shape index (κ1) is 10.3. The Hall–Kier alpha value is -1.23. The Morgan fingerprint density at radius 1 is 1.13 bits per heavy atom. The third kappa shape index (κ3) is 2.41. The smallest absolute Gasteiger partial charge is 0.416 e. The molecule has 1 heterocycles. The third-order valence-corrected chi connectivity index (χ3v) is 2.15. The normalized spacial score (nSPS) is 17.3. The molecular formula is C10H9F3NO. The fraction of sp³-hybridized carbons (Fsp3) is 0.400. The van der Waals surface area contributed by atoms with E-state index in [9.17, 15) is 13.2 Å². The molecule has 0 N–H and O–H groups in total. The Bertz CT molecular complexity index is 330. The van der Waals surface area contributed by atoms with Crippen LogP contribution in [0.15, 0.2) is 24.3 Å². The Kier molecular flexibility index (Phi) is 2.56. The number of hydrogen-bond donors (Lipinski definition) is 0. The average molecular weight is 216 g/mol. The highest BCUT2D eigenvalue weighted by Gasteiger charge is 2.30. The lowest BCUT2D eigenvalue weighted by Gasteiger charge is -2.26. The van der Waals surface area contributed by atoms with Gasteiger partial charge in [0.2, 0.25) is 0 Å². The fourth-order valence-corrected chi connectivity index (χ4v) is 1.22. The second-order valence-electron chi connectivity index (χ2n) is 3.35. The first-order valence-electron chi connectivity index (χ1n) is 4.53. The van der Waals surface area contributed by atoms with Gasteiger partial charge in [-0.25, -0.2) is 5.32 Å². The van der Waals surface area contributed by atoms with Gasteiger partial charge in [-0.05, 0) is 24.3 Å². The number of hydrogen-bond acceptors (Lipinski definition) is 1. The summed E-state index contributed by atoms with van der Waals surface area (Å²) >= 11 is 0. The highest BCUT2D eigenvalue weighted by molar-refractivity contribution is 5.29. The van der Waals surface area contributed by atoms with Gasteiger partial charge in [-0.2, -0.15) is 13.2 Å². The molecule has 1 aliphatic rings. The summed E-state index contributed by atoms with van der Waals surface area (Å²) < 4.78 is 42.0. The maximum Gasteiger partial charge on any atom is 0.416 e. The molecule has 0 aromatic heterocycles. The van der Waals surface area contributed by atoms with Gasteiger partial charge >= 0.3 is 6.18 Å². The van der Waals surface area contributed by atoms with Gasteiger partial charge in [-0.3, -0.25) is 0 Å². The number of ether oxygens (including phenoxy) is 1. The van der Waals surface area contributed by atoms with Gasteiger partial charge in [0.15, 0.2) is 0 Å². The van der Waals surface area contributed by atoms with Crippen molar-refractivity contribution in [1.29, 1.82) is 0 Å². The molecule has 0 amide bonds. The minimum atomic E-state index is -4.29. The van der Waals surface area contributed by atoms with Crippen LogP contribution in [-0.2, 0) is 6.18 Å². The second-order valence-corrected chi connectivity index (χ2v) is 3.35. The van der Waals surface area contributed by atoms with Gasteiger partial charge < -0.3 is 4.74 Å². The van der Waals surface area contributed by atoms with Crippen molar-refractivity contribution in [3.05, 3.63) is 29.8 Å². The summed E-state index contributed by atoms with van der Waals surface area (Å²) in [5.41, 5.74) is -0.659. The average Bonchev–Trinajstić information content (AvgIpc) is 2.11. The van der Waals surface area contributed by atoms with E-state index in [1.165, 1.54) is 12.1 Å². The van der Waals surface area contributed by atoms with Gasteiger partial charge in [0.05, 0.1) is 18.7 Å². The van der Waals surface area contributed by atoms with Crippen LogP contribution in [0.2, 0.25) is 0 Å². The number of benzene rings is 1. The Morgan fingerprint density at radius 2 is 1.73 bits per heavy atom. The summed E-state index contributed by atoms with van der Waals surface area (Å²) in [6.45, 7) is 1.25. The van der Waals surface area contributed by atoms with Crippen LogP contribution in [-0.4, -0.2) is 19.2 Å². The number of rotatable bonds is 2.